The Kier molecular flexibility index (Phi) is 7.09. The van der Waals surface area contributed by atoms with Gasteiger partial charge in [0.15, 0.2) is 5.84 Å². The van der Waals surface area contributed by atoms with Crippen LogP contribution < -0.4 is 5.32 Å². The van der Waals surface area contributed by atoms with Crippen LogP contribution in [0.1, 0.15) is 22.9 Å². The number of para-hydroxylation sites is 3. The molecule has 1 atom stereocenters. The van der Waals surface area contributed by atoms with Crippen LogP contribution >= 0.6 is 11.3 Å². The molecule has 0 radical (unpaired) electrons. The average molecular weight is 749 g/mol. The molecule has 8 aromatic carbocycles. The number of fused-ring (bicyclic) bond motifs is 9. The highest BCUT2D eigenvalue weighted by atomic mass is 32.1. The SMILES string of the molecule is c1ccc(C2=NC(c3ccccc3)NC(c3cccc4sc5c(-c6cccc7c6oc6ccc(-n8c9ccccc9c9ccccc98)cc67)cccc5c34)=N2)cc1. The van der Waals surface area contributed by atoms with Gasteiger partial charge in [-0.3, -0.25) is 0 Å². The van der Waals surface area contributed by atoms with Crippen molar-refractivity contribution in [3.63, 3.8) is 0 Å². The van der Waals surface area contributed by atoms with Gasteiger partial charge in [0, 0.05) is 69.7 Å². The number of amidine groups is 2. The Hall–Kier alpha value is -7.28. The van der Waals surface area contributed by atoms with Crippen LogP contribution in [0.5, 0.6) is 0 Å². The van der Waals surface area contributed by atoms with E-state index in [-0.39, 0.29) is 6.17 Å². The van der Waals surface area contributed by atoms with Gasteiger partial charge in [-0.1, -0.05) is 146 Å². The van der Waals surface area contributed by atoms with Gasteiger partial charge >= 0.3 is 0 Å². The summed E-state index contributed by atoms with van der Waals surface area (Å²) in [7, 11) is 0. The maximum atomic E-state index is 6.79. The molecule has 4 heterocycles. The minimum Gasteiger partial charge on any atom is -0.455 e. The number of rotatable bonds is 5. The highest BCUT2D eigenvalue weighted by molar-refractivity contribution is 7.26. The van der Waals surface area contributed by atoms with Crippen LogP contribution in [-0.2, 0) is 0 Å². The van der Waals surface area contributed by atoms with Crippen molar-refractivity contribution in [2.24, 2.45) is 9.98 Å². The summed E-state index contributed by atoms with van der Waals surface area (Å²) < 4.78 is 11.6. The van der Waals surface area contributed by atoms with Crippen LogP contribution in [-0.4, -0.2) is 16.2 Å². The molecule has 0 spiro atoms. The monoisotopic (exact) mass is 748 g/mol. The molecule has 0 saturated carbocycles. The lowest BCUT2D eigenvalue weighted by Crippen LogP contribution is -2.33. The molecule has 6 heteroatoms. The van der Waals surface area contributed by atoms with Gasteiger partial charge in [0.2, 0.25) is 0 Å². The molecule has 11 aromatic rings. The largest absolute Gasteiger partial charge is 0.455 e. The summed E-state index contributed by atoms with van der Waals surface area (Å²) in [5.74, 6) is 1.53. The van der Waals surface area contributed by atoms with E-state index in [1.807, 2.05) is 35.6 Å². The number of hydrogen-bond acceptors (Lipinski definition) is 5. The summed E-state index contributed by atoms with van der Waals surface area (Å²) in [5, 5.41) is 10.8. The van der Waals surface area contributed by atoms with Gasteiger partial charge in [0.05, 0.1) is 11.0 Å². The molecule has 5 nitrogen and oxygen atoms in total. The van der Waals surface area contributed by atoms with Gasteiger partial charge in [-0.05, 0) is 42.0 Å². The van der Waals surface area contributed by atoms with E-state index in [1.54, 1.807) is 0 Å². The summed E-state index contributed by atoms with van der Waals surface area (Å²) in [6, 6.07) is 64.2. The van der Waals surface area contributed by atoms with Gasteiger partial charge in [0.25, 0.3) is 0 Å². The maximum absolute atomic E-state index is 6.79. The third kappa shape index (κ3) is 5.01. The molecule has 0 amide bonds. The molecule has 268 valence electrons. The standard InChI is InChI=1S/C51H32N4OS/c1-3-14-31(15-4-1)49-52-50(32-16-5-2-6-17-32)54-51(53-49)40-24-13-27-45-46(40)39-23-12-22-38(48(39)57-45)36-20-11-21-37-41-30-33(28-29-44(41)56-47(36)37)55-42-25-9-7-18-34(42)35-19-8-10-26-43(35)55/h1-30,49H,(H,52,53,54). The highest BCUT2D eigenvalue weighted by Crippen LogP contribution is 2.45. The van der Waals surface area contributed by atoms with E-state index in [0.717, 1.165) is 61.3 Å². The van der Waals surface area contributed by atoms with Crippen molar-refractivity contribution in [1.29, 1.82) is 0 Å². The van der Waals surface area contributed by atoms with Gasteiger partial charge in [-0.25, -0.2) is 9.98 Å². The Bertz CT molecular complexity index is 3390. The lowest BCUT2D eigenvalue weighted by Gasteiger charge is -2.24. The Morgan fingerprint density at radius 1 is 0.544 bits per heavy atom. The number of furan rings is 1. The van der Waals surface area contributed by atoms with Crippen LogP contribution in [0.15, 0.2) is 196 Å². The van der Waals surface area contributed by atoms with Gasteiger partial charge in [-0.15, -0.1) is 11.3 Å². The van der Waals surface area contributed by atoms with E-state index in [4.69, 9.17) is 14.4 Å². The van der Waals surface area contributed by atoms with Crippen molar-refractivity contribution >= 4 is 86.9 Å². The zero-order chi connectivity index (χ0) is 37.5. The molecule has 0 aliphatic carbocycles. The average Bonchev–Trinajstić information content (AvgIpc) is 3.96. The fourth-order valence-electron chi connectivity index (χ4n) is 8.70. The normalized spacial score (nSPS) is 14.5. The van der Waals surface area contributed by atoms with Gasteiger partial charge in [-0.2, -0.15) is 0 Å². The molecule has 57 heavy (non-hydrogen) atoms. The third-order valence-electron chi connectivity index (χ3n) is 11.3. The van der Waals surface area contributed by atoms with Crippen LogP contribution in [0.4, 0.5) is 0 Å². The molecule has 1 aliphatic heterocycles. The predicted octanol–water partition coefficient (Wildman–Crippen LogP) is 13.2. The Labute approximate surface area is 331 Å². The van der Waals surface area contributed by atoms with Crippen molar-refractivity contribution in [3.8, 4) is 16.8 Å². The van der Waals surface area contributed by atoms with Crippen molar-refractivity contribution < 1.29 is 4.42 Å². The molecule has 1 N–H and O–H groups in total. The second kappa shape index (κ2) is 12.6. The molecule has 3 aromatic heterocycles. The molecule has 12 rings (SSSR count). The van der Waals surface area contributed by atoms with E-state index in [9.17, 15) is 0 Å². The molecular formula is C51H32N4OS. The Morgan fingerprint density at radius 3 is 1.98 bits per heavy atom. The summed E-state index contributed by atoms with van der Waals surface area (Å²) in [6.45, 7) is 0. The van der Waals surface area contributed by atoms with E-state index in [1.165, 1.54) is 42.0 Å². The van der Waals surface area contributed by atoms with Crippen molar-refractivity contribution in [2.45, 2.75) is 6.17 Å². The molecule has 0 bridgehead atoms. The first-order valence-electron chi connectivity index (χ1n) is 19.2. The summed E-state index contributed by atoms with van der Waals surface area (Å²) in [6.07, 6.45) is -0.272. The lowest BCUT2D eigenvalue weighted by molar-refractivity contribution is 0.670. The third-order valence-corrected chi connectivity index (χ3v) is 12.5. The van der Waals surface area contributed by atoms with Gasteiger partial charge in [0.1, 0.15) is 23.2 Å². The minimum absolute atomic E-state index is 0.272. The van der Waals surface area contributed by atoms with Crippen LogP contribution in [0.3, 0.4) is 0 Å². The van der Waals surface area contributed by atoms with Crippen molar-refractivity contribution in [1.82, 2.24) is 9.88 Å². The lowest BCUT2D eigenvalue weighted by atomic mass is 9.98. The minimum atomic E-state index is -0.272. The van der Waals surface area contributed by atoms with Gasteiger partial charge < -0.3 is 14.3 Å². The van der Waals surface area contributed by atoms with E-state index in [0.29, 0.717) is 5.84 Å². The Balaban J connectivity index is 1.01. The first-order chi connectivity index (χ1) is 28.3. The van der Waals surface area contributed by atoms with E-state index < -0.39 is 0 Å². The first-order valence-corrected chi connectivity index (χ1v) is 20.0. The van der Waals surface area contributed by atoms with Crippen molar-refractivity contribution in [2.75, 3.05) is 0 Å². The highest BCUT2D eigenvalue weighted by Gasteiger charge is 2.24. The number of nitrogens with zero attached hydrogens (tertiary/aromatic N) is 3. The second-order valence-corrected chi connectivity index (χ2v) is 15.6. The molecule has 0 fully saturated rings. The number of aliphatic imine (C=N–C) groups is 2. The summed E-state index contributed by atoms with van der Waals surface area (Å²) in [4.78, 5) is 10.3. The van der Waals surface area contributed by atoms with Crippen LogP contribution in [0.2, 0.25) is 0 Å². The molecule has 1 unspecified atom stereocenters. The number of benzene rings is 8. The fourth-order valence-corrected chi connectivity index (χ4v) is 9.96. The summed E-state index contributed by atoms with van der Waals surface area (Å²) in [5.41, 5.74) is 10.6. The second-order valence-electron chi connectivity index (χ2n) is 14.5. The van der Waals surface area contributed by atoms with E-state index in [2.05, 4.69) is 168 Å². The molecular weight excluding hydrogens is 717 g/mol. The molecule has 0 saturated heterocycles. The van der Waals surface area contributed by atoms with Crippen LogP contribution in [0.25, 0.3) is 80.7 Å². The fraction of sp³-hybridized carbons (Fsp3) is 0.0196. The quantitative estimate of drug-likeness (QED) is 0.191. The maximum Gasteiger partial charge on any atom is 0.159 e. The number of thiophene rings is 1. The first kappa shape index (κ1) is 32.0. The number of aromatic nitrogens is 1. The number of nitrogens with one attached hydrogen (secondary N) is 1. The topological polar surface area (TPSA) is 54.8 Å². The molecule has 1 aliphatic rings. The zero-order valence-electron chi connectivity index (χ0n) is 30.6. The van der Waals surface area contributed by atoms with E-state index >= 15 is 0 Å². The summed E-state index contributed by atoms with van der Waals surface area (Å²) >= 11 is 1.82. The predicted molar refractivity (Wildman–Crippen MR) is 238 cm³/mol. The number of hydrogen-bond donors (Lipinski definition) is 1. The zero-order valence-corrected chi connectivity index (χ0v) is 31.4. The Morgan fingerprint density at radius 2 is 1.19 bits per heavy atom. The van der Waals surface area contributed by atoms with Crippen molar-refractivity contribution in [3.05, 3.63) is 199 Å². The van der Waals surface area contributed by atoms with Crippen LogP contribution in [0, 0.1) is 0 Å². The smallest absolute Gasteiger partial charge is 0.159 e.